The van der Waals surface area contributed by atoms with Gasteiger partial charge in [-0.15, -0.1) is 0 Å². The van der Waals surface area contributed by atoms with Crippen molar-refractivity contribution in [1.82, 2.24) is 10.1 Å². The molecule has 0 aliphatic heterocycles. The van der Waals surface area contributed by atoms with Crippen LogP contribution in [-0.2, 0) is 0 Å². The average molecular weight is 116 g/mol. The van der Waals surface area contributed by atoms with Crippen LogP contribution < -0.4 is 0 Å². The molecule has 5 heteroatoms. The highest BCUT2D eigenvalue weighted by Gasteiger charge is 2.06. The van der Waals surface area contributed by atoms with Crippen molar-refractivity contribution in [2.75, 3.05) is 0 Å². The van der Waals surface area contributed by atoms with Gasteiger partial charge in [-0.2, -0.15) is 4.98 Å². The molecule has 0 atom stereocenters. The van der Waals surface area contributed by atoms with Crippen LogP contribution in [0, 0.1) is 0 Å². The Balaban J connectivity index is 2.77. The van der Waals surface area contributed by atoms with Gasteiger partial charge < -0.3 is 14.7 Å². The highest BCUT2D eigenvalue weighted by atomic mass is 16.5. The second-order valence-electron chi connectivity index (χ2n) is 1.15. The third-order valence-electron chi connectivity index (χ3n) is 0.599. The lowest BCUT2D eigenvalue weighted by atomic mass is 10.6. The molecule has 1 heterocycles. The van der Waals surface area contributed by atoms with E-state index in [4.69, 9.17) is 10.2 Å². The second kappa shape index (κ2) is 1.89. The van der Waals surface area contributed by atoms with Gasteiger partial charge in [-0.05, 0) is 0 Å². The molecule has 1 aromatic heterocycles. The summed E-state index contributed by atoms with van der Waals surface area (Å²) in [6.07, 6.45) is -0.563. The molecule has 5 nitrogen and oxygen atoms in total. The molecule has 0 unspecified atom stereocenters. The van der Waals surface area contributed by atoms with Gasteiger partial charge in [-0.3, -0.25) is 0 Å². The smallest absolute Gasteiger partial charge is 0.282 e. The van der Waals surface area contributed by atoms with Gasteiger partial charge >= 0.3 is 0 Å². The molecule has 0 aliphatic rings. The SMILES string of the molecule is OC(O)c1ncno1. The molecule has 0 saturated heterocycles. The first-order chi connectivity index (χ1) is 3.80. The molecule has 0 fully saturated rings. The Morgan fingerprint density at radius 3 is 2.62 bits per heavy atom. The predicted octanol–water partition coefficient (Wildman–Crippen LogP) is -0.947. The van der Waals surface area contributed by atoms with Gasteiger partial charge in [-0.1, -0.05) is 5.16 Å². The van der Waals surface area contributed by atoms with E-state index in [2.05, 4.69) is 14.7 Å². The van der Waals surface area contributed by atoms with Gasteiger partial charge in [0.1, 0.15) is 0 Å². The molecule has 0 radical (unpaired) electrons. The number of nitrogens with zero attached hydrogens (tertiary/aromatic N) is 2. The van der Waals surface area contributed by atoms with Gasteiger partial charge in [0.15, 0.2) is 6.33 Å². The largest absolute Gasteiger partial charge is 0.361 e. The first-order valence-electron chi connectivity index (χ1n) is 1.93. The summed E-state index contributed by atoms with van der Waals surface area (Å²) in [4.78, 5) is 3.34. The number of hydrogen-bond donors (Lipinski definition) is 2. The Hall–Kier alpha value is -0.940. The fraction of sp³-hybridized carbons (Fsp3) is 0.333. The zero-order chi connectivity index (χ0) is 5.98. The van der Waals surface area contributed by atoms with Crippen LogP contribution in [0.3, 0.4) is 0 Å². The van der Waals surface area contributed by atoms with Gasteiger partial charge in [0.05, 0.1) is 0 Å². The predicted molar refractivity (Wildman–Crippen MR) is 21.5 cm³/mol. The Morgan fingerprint density at radius 2 is 2.38 bits per heavy atom. The van der Waals surface area contributed by atoms with Crippen molar-refractivity contribution in [2.24, 2.45) is 0 Å². The van der Waals surface area contributed by atoms with E-state index >= 15 is 0 Å². The molecular formula is C3H4N2O3. The lowest BCUT2D eigenvalue weighted by molar-refractivity contribution is -0.0651. The minimum Gasteiger partial charge on any atom is -0.361 e. The van der Waals surface area contributed by atoms with Crippen molar-refractivity contribution >= 4 is 0 Å². The van der Waals surface area contributed by atoms with E-state index in [0.29, 0.717) is 0 Å². The van der Waals surface area contributed by atoms with Crippen LogP contribution in [0.4, 0.5) is 0 Å². The van der Waals surface area contributed by atoms with Crippen LogP contribution in [-0.4, -0.2) is 20.4 Å². The van der Waals surface area contributed by atoms with Crippen molar-refractivity contribution in [1.29, 1.82) is 0 Å². The van der Waals surface area contributed by atoms with Crippen LogP contribution in [0.5, 0.6) is 0 Å². The summed E-state index contributed by atoms with van der Waals surface area (Å²) in [5.74, 6) is -0.190. The van der Waals surface area contributed by atoms with Crippen molar-refractivity contribution in [3.63, 3.8) is 0 Å². The normalized spacial score (nSPS) is 10.4. The molecule has 1 aromatic rings. The molecule has 2 N–H and O–H groups in total. The Bertz CT molecular complexity index is 148. The highest BCUT2D eigenvalue weighted by molar-refractivity contribution is 4.72. The van der Waals surface area contributed by atoms with Crippen LogP contribution in [0.1, 0.15) is 12.2 Å². The van der Waals surface area contributed by atoms with Gasteiger partial charge in [0.2, 0.25) is 6.29 Å². The van der Waals surface area contributed by atoms with Crippen molar-refractivity contribution in [2.45, 2.75) is 6.29 Å². The van der Waals surface area contributed by atoms with E-state index in [9.17, 15) is 0 Å². The zero-order valence-electron chi connectivity index (χ0n) is 3.85. The summed E-state index contributed by atoms with van der Waals surface area (Å²) in [6.45, 7) is 0. The molecule has 0 aromatic carbocycles. The molecular weight excluding hydrogens is 112 g/mol. The molecule has 44 valence electrons. The quantitative estimate of drug-likeness (QED) is 0.462. The van der Waals surface area contributed by atoms with Gasteiger partial charge in [0, 0.05) is 0 Å². The van der Waals surface area contributed by atoms with E-state index in [1.54, 1.807) is 0 Å². The zero-order valence-corrected chi connectivity index (χ0v) is 3.85. The lowest BCUT2D eigenvalue weighted by Gasteiger charge is -1.89. The number of aliphatic hydroxyl groups is 2. The maximum atomic E-state index is 8.27. The fourth-order valence-corrected chi connectivity index (χ4v) is 0.295. The topological polar surface area (TPSA) is 79.4 Å². The molecule has 8 heavy (non-hydrogen) atoms. The Morgan fingerprint density at radius 1 is 1.62 bits per heavy atom. The highest BCUT2D eigenvalue weighted by Crippen LogP contribution is 2.00. The molecule has 0 aliphatic carbocycles. The lowest BCUT2D eigenvalue weighted by Crippen LogP contribution is -1.93. The molecule has 0 amide bonds. The third kappa shape index (κ3) is 0.824. The molecule has 0 bridgehead atoms. The van der Waals surface area contributed by atoms with Gasteiger partial charge in [-0.25, -0.2) is 0 Å². The van der Waals surface area contributed by atoms with Crippen molar-refractivity contribution in [3.05, 3.63) is 12.2 Å². The van der Waals surface area contributed by atoms with E-state index in [1.807, 2.05) is 0 Å². The fourth-order valence-electron chi connectivity index (χ4n) is 0.295. The van der Waals surface area contributed by atoms with Crippen LogP contribution in [0.2, 0.25) is 0 Å². The summed E-state index contributed by atoms with van der Waals surface area (Å²) in [7, 11) is 0. The van der Waals surface area contributed by atoms with Crippen LogP contribution in [0.25, 0.3) is 0 Å². The maximum absolute atomic E-state index is 8.27. The molecule has 1 rings (SSSR count). The van der Waals surface area contributed by atoms with Gasteiger partial charge in [0.25, 0.3) is 5.89 Å². The first-order valence-corrected chi connectivity index (χ1v) is 1.93. The minimum atomic E-state index is -1.66. The van der Waals surface area contributed by atoms with Crippen molar-refractivity contribution in [3.8, 4) is 0 Å². The standard InChI is InChI=1S/C3H4N2O3/c6-3(7)2-4-1-5-8-2/h1,3,6-7H. The second-order valence-corrected chi connectivity index (χ2v) is 1.15. The van der Waals surface area contributed by atoms with E-state index in [0.717, 1.165) is 6.33 Å². The van der Waals surface area contributed by atoms with Crippen LogP contribution >= 0.6 is 0 Å². The molecule has 0 spiro atoms. The summed E-state index contributed by atoms with van der Waals surface area (Å²) in [6, 6.07) is 0. The average Bonchev–Trinajstić information content (AvgIpc) is 2.12. The summed E-state index contributed by atoms with van der Waals surface area (Å²) >= 11 is 0. The monoisotopic (exact) mass is 116 g/mol. The molecule has 0 saturated carbocycles. The van der Waals surface area contributed by atoms with E-state index in [1.165, 1.54) is 0 Å². The number of hydrogen-bond acceptors (Lipinski definition) is 5. The van der Waals surface area contributed by atoms with E-state index < -0.39 is 6.29 Å². The van der Waals surface area contributed by atoms with E-state index in [-0.39, 0.29) is 5.89 Å². The Labute approximate surface area is 44.6 Å². The third-order valence-corrected chi connectivity index (χ3v) is 0.599. The number of aromatic nitrogens is 2. The first kappa shape index (κ1) is 5.20. The van der Waals surface area contributed by atoms with Crippen molar-refractivity contribution < 1.29 is 14.7 Å². The Kier molecular flexibility index (Phi) is 1.23. The van der Waals surface area contributed by atoms with Crippen LogP contribution in [0.15, 0.2) is 10.9 Å². The summed E-state index contributed by atoms with van der Waals surface area (Å²) < 4.78 is 4.23. The maximum Gasteiger partial charge on any atom is 0.282 e. The number of aliphatic hydroxyl groups excluding tert-OH is 1. The summed E-state index contributed by atoms with van der Waals surface area (Å²) in [5, 5.41) is 19.7. The number of rotatable bonds is 1. The summed E-state index contributed by atoms with van der Waals surface area (Å²) in [5.41, 5.74) is 0. The minimum absolute atomic E-state index is 0.190.